The summed E-state index contributed by atoms with van der Waals surface area (Å²) in [6.07, 6.45) is 1.98. The van der Waals surface area contributed by atoms with Crippen LogP contribution >= 0.6 is 46.0 Å². The molecule has 2 aromatic rings. The number of benzene rings is 1. The molecule has 106 valence electrons. The lowest BCUT2D eigenvalue weighted by Gasteiger charge is -2.08. The van der Waals surface area contributed by atoms with Crippen molar-refractivity contribution in [2.75, 3.05) is 5.75 Å². The molecule has 0 aliphatic heterocycles. The fraction of sp³-hybridized carbons (Fsp3) is 0.333. The minimum absolute atomic E-state index is 0.547. The molecule has 2 rings (SSSR count). The van der Waals surface area contributed by atoms with E-state index in [9.17, 15) is 0 Å². The van der Waals surface area contributed by atoms with Gasteiger partial charge in [-0.05, 0) is 46.9 Å². The smallest absolute Gasteiger partial charge is 0.161 e. The summed E-state index contributed by atoms with van der Waals surface area (Å²) in [7, 11) is 0. The molecule has 2 nitrogen and oxygen atoms in total. The summed E-state index contributed by atoms with van der Waals surface area (Å²) < 4.78 is 0.966. The maximum Gasteiger partial charge on any atom is 0.161 e. The van der Waals surface area contributed by atoms with E-state index in [1.807, 2.05) is 11.8 Å². The number of aryl methyl sites for hydroxylation is 1. The van der Waals surface area contributed by atoms with Crippen LogP contribution in [0.15, 0.2) is 29.2 Å². The van der Waals surface area contributed by atoms with Gasteiger partial charge >= 0.3 is 0 Å². The molecule has 20 heavy (non-hydrogen) atoms. The van der Waals surface area contributed by atoms with Crippen LogP contribution in [-0.4, -0.2) is 15.7 Å². The Labute approximate surface area is 142 Å². The van der Waals surface area contributed by atoms with E-state index in [0.29, 0.717) is 11.0 Å². The summed E-state index contributed by atoms with van der Waals surface area (Å²) in [6.45, 7) is 4.29. The molecule has 0 unspecified atom stereocenters. The number of hydrogen-bond acceptors (Lipinski definition) is 3. The molecular formula is C15H16ClIN2S. The molecule has 0 amide bonds. The zero-order valence-corrected chi connectivity index (χ0v) is 15.2. The quantitative estimate of drug-likeness (QED) is 0.366. The lowest BCUT2D eigenvalue weighted by atomic mass is 10.2. The predicted octanol–water partition coefficient (Wildman–Crippen LogP) is 5.47. The third-order valence-corrected chi connectivity index (χ3v) is 5.41. The van der Waals surface area contributed by atoms with Crippen LogP contribution in [0, 0.1) is 3.57 Å². The number of rotatable bonds is 5. The van der Waals surface area contributed by atoms with Crippen LogP contribution in [0.1, 0.15) is 26.0 Å². The van der Waals surface area contributed by atoms with E-state index >= 15 is 0 Å². The Morgan fingerprint density at radius 3 is 2.45 bits per heavy atom. The fourth-order valence-electron chi connectivity index (χ4n) is 1.86. The molecule has 0 spiro atoms. The number of aromatic nitrogens is 2. The predicted molar refractivity (Wildman–Crippen MR) is 95.6 cm³/mol. The second-order valence-corrected chi connectivity index (χ2v) is 7.08. The van der Waals surface area contributed by atoms with Crippen molar-refractivity contribution in [1.29, 1.82) is 0 Å². The maximum absolute atomic E-state index is 6.22. The summed E-state index contributed by atoms with van der Waals surface area (Å²) in [5.41, 5.74) is 2.05. The first-order valence-electron chi connectivity index (χ1n) is 6.60. The van der Waals surface area contributed by atoms with Crippen LogP contribution < -0.4 is 0 Å². The zero-order chi connectivity index (χ0) is 14.5. The van der Waals surface area contributed by atoms with Gasteiger partial charge in [-0.3, -0.25) is 0 Å². The van der Waals surface area contributed by atoms with E-state index in [0.717, 1.165) is 33.4 Å². The first-order valence-corrected chi connectivity index (χ1v) is 9.05. The molecule has 0 fully saturated rings. The average molecular weight is 419 g/mol. The van der Waals surface area contributed by atoms with Gasteiger partial charge in [-0.2, -0.15) is 0 Å². The van der Waals surface area contributed by atoms with Gasteiger partial charge in [0.15, 0.2) is 5.82 Å². The first kappa shape index (κ1) is 16.0. The first-order chi connectivity index (χ1) is 9.65. The summed E-state index contributed by atoms with van der Waals surface area (Å²) in [6, 6.07) is 8.34. The summed E-state index contributed by atoms with van der Waals surface area (Å²) in [5, 5.41) is 0.547. The van der Waals surface area contributed by atoms with Crippen molar-refractivity contribution < 1.29 is 0 Å². The van der Waals surface area contributed by atoms with Gasteiger partial charge < -0.3 is 0 Å². The van der Waals surface area contributed by atoms with Gasteiger partial charge in [-0.25, -0.2) is 9.97 Å². The third-order valence-electron chi connectivity index (χ3n) is 2.79. The highest BCUT2D eigenvalue weighted by Gasteiger charge is 2.11. The summed E-state index contributed by atoms with van der Waals surface area (Å²) in [4.78, 5) is 10.3. The van der Waals surface area contributed by atoms with Crippen molar-refractivity contribution in [3.05, 3.63) is 38.7 Å². The van der Waals surface area contributed by atoms with Gasteiger partial charge in [-0.1, -0.05) is 44.0 Å². The highest BCUT2D eigenvalue weighted by Crippen LogP contribution is 2.26. The van der Waals surface area contributed by atoms with Crippen molar-refractivity contribution in [2.45, 2.75) is 31.6 Å². The van der Waals surface area contributed by atoms with Gasteiger partial charge in [-0.15, -0.1) is 11.8 Å². The van der Waals surface area contributed by atoms with Crippen molar-refractivity contribution in [1.82, 2.24) is 9.97 Å². The number of nitrogens with zero attached hydrogens (tertiary/aromatic N) is 2. The minimum Gasteiger partial charge on any atom is -0.232 e. The van der Waals surface area contributed by atoms with E-state index in [-0.39, 0.29) is 0 Å². The lowest BCUT2D eigenvalue weighted by Crippen LogP contribution is -2.00. The molecule has 0 radical (unpaired) electrons. The molecule has 1 heterocycles. The van der Waals surface area contributed by atoms with E-state index in [2.05, 4.69) is 70.7 Å². The van der Waals surface area contributed by atoms with Crippen molar-refractivity contribution in [3.8, 4) is 11.4 Å². The Morgan fingerprint density at radius 1 is 1.15 bits per heavy atom. The third kappa shape index (κ3) is 3.86. The van der Waals surface area contributed by atoms with E-state index in [1.54, 1.807) is 0 Å². The van der Waals surface area contributed by atoms with Gasteiger partial charge in [0.25, 0.3) is 0 Å². The van der Waals surface area contributed by atoms with Gasteiger partial charge in [0.05, 0.1) is 9.26 Å². The van der Waals surface area contributed by atoms with Crippen molar-refractivity contribution in [3.63, 3.8) is 0 Å². The standard InChI is InChI=1S/C15H16ClIN2S/c1-3-5-12-13(17)14(16)19-15(18-12)10-6-8-11(9-7-10)20-4-2/h6-9H,3-5H2,1-2H3. The second-order valence-electron chi connectivity index (χ2n) is 4.31. The molecule has 0 atom stereocenters. The molecular weight excluding hydrogens is 403 g/mol. The molecule has 0 saturated carbocycles. The Morgan fingerprint density at radius 2 is 1.85 bits per heavy atom. The molecule has 5 heteroatoms. The molecule has 1 aromatic heterocycles. The van der Waals surface area contributed by atoms with Gasteiger partial charge in [0, 0.05) is 10.5 Å². The van der Waals surface area contributed by atoms with E-state index in [1.165, 1.54) is 4.90 Å². The number of halogens is 2. The van der Waals surface area contributed by atoms with Crippen LogP contribution in [0.3, 0.4) is 0 Å². The molecule has 0 aliphatic rings. The summed E-state index contributed by atoms with van der Waals surface area (Å²) in [5.74, 6) is 1.79. The zero-order valence-electron chi connectivity index (χ0n) is 11.5. The van der Waals surface area contributed by atoms with Crippen molar-refractivity contribution >= 4 is 46.0 Å². The Hall–Kier alpha value is -0.330. The normalized spacial score (nSPS) is 10.8. The molecule has 0 aliphatic carbocycles. The molecule has 0 saturated heterocycles. The minimum atomic E-state index is 0.547. The monoisotopic (exact) mass is 418 g/mol. The SMILES string of the molecule is CCCc1nc(-c2ccc(SCC)cc2)nc(Cl)c1I. The van der Waals surface area contributed by atoms with Gasteiger partial charge in [0.1, 0.15) is 5.15 Å². The highest BCUT2D eigenvalue weighted by atomic mass is 127. The highest BCUT2D eigenvalue weighted by molar-refractivity contribution is 14.1. The molecule has 0 N–H and O–H groups in total. The van der Waals surface area contributed by atoms with E-state index < -0.39 is 0 Å². The van der Waals surface area contributed by atoms with Crippen LogP contribution in [0.2, 0.25) is 5.15 Å². The summed E-state index contributed by atoms with van der Waals surface area (Å²) >= 11 is 10.3. The maximum atomic E-state index is 6.22. The number of hydrogen-bond donors (Lipinski definition) is 0. The van der Waals surface area contributed by atoms with Gasteiger partial charge in [0.2, 0.25) is 0 Å². The fourth-order valence-corrected chi connectivity index (χ4v) is 3.22. The van der Waals surface area contributed by atoms with Crippen LogP contribution in [0.25, 0.3) is 11.4 Å². The molecule has 0 bridgehead atoms. The Bertz CT molecular complexity index is 587. The number of thioether (sulfide) groups is 1. The van der Waals surface area contributed by atoms with E-state index in [4.69, 9.17) is 11.6 Å². The Kier molecular flexibility index (Phi) is 6.11. The lowest BCUT2D eigenvalue weighted by molar-refractivity contribution is 0.867. The molecule has 1 aromatic carbocycles. The van der Waals surface area contributed by atoms with Crippen molar-refractivity contribution in [2.24, 2.45) is 0 Å². The average Bonchev–Trinajstić information content (AvgIpc) is 2.45. The van der Waals surface area contributed by atoms with Crippen LogP contribution in [0.4, 0.5) is 0 Å². The second kappa shape index (κ2) is 7.61. The topological polar surface area (TPSA) is 25.8 Å². The Balaban J connectivity index is 2.36. The van der Waals surface area contributed by atoms with Crippen LogP contribution in [0.5, 0.6) is 0 Å². The largest absolute Gasteiger partial charge is 0.232 e. The van der Waals surface area contributed by atoms with Crippen LogP contribution in [-0.2, 0) is 6.42 Å².